The first-order valence-corrected chi connectivity index (χ1v) is 5.93. The number of hydrogen-bond donors (Lipinski definition) is 0. The van der Waals surface area contributed by atoms with Gasteiger partial charge in [0, 0.05) is 12.4 Å². The average Bonchev–Trinajstić information content (AvgIpc) is 2.25. The van der Waals surface area contributed by atoms with Crippen molar-refractivity contribution in [2.75, 3.05) is 23.9 Å². The maximum Gasteiger partial charge on any atom is 0.264 e. The molecule has 0 saturated carbocycles. The van der Waals surface area contributed by atoms with Gasteiger partial charge in [-0.25, -0.2) is 0 Å². The number of rotatable bonds is 2. The van der Waals surface area contributed by atoms with Crippen LogP contribution in [0.25, 0.3) is 0 Å². The minimum atomic E-state index is -0.00140. The van der Waals surface area contributed by atoms with Gasteiger partial charge in [0.05, 0.1) is 5.69 Å². The van der Waals surface area contributed by atoms with Crippen LogP contribution >= 0.6 is 15.9 Å². The molecule has 0 fully saturated rings. The number of amides is 1. The average molecular weight is 270 g/mol. The van der Waals surface area contributed by atoms with E-state index in [2.05, 4.69) is 15.9 Å². The zero-order valence-corrected chi connectivity index (χ0v) is 10.1. The number of alkyl halides is 1. The van der Waals surface area contributed by atoms with Gasteiger partial charge in [-0.15, -0.1) is 0 Å². The topological polar surface area (TPSA) is 29.5 Å². The summed E-state index contributed by atoms with van der Waals surface area (Å²) in [7, 11) is 1.78. The highest BCUT2D eigenvalue weighted by Gasteiger charge is 2.21. The molecule has 1 amide bonds. The largest absolute Gasteiger partial charge is 0.482 e. The van der Waals surface area contributed by atoms with Gasteiger partial charge in [-0.1, -0.05) is 22.0 Å². The van der Waals surface area contributed by atoms with E-state index in [4.69, 9.17) is 4.74 Å². The summed E-state index contributed by atoms with van der Waals surface area (Å²) in [6, 6.07) is 5.97. The molecule has 4 heteroatoms. The molecule has 1 aromatic rings. The molecule has 0 aromatic heterocycles. The van der Waals surface area contributed by atoms with Crippen molar-refractivity contribution in [2.24, 2.45) is 0 Å². The quantitative estimate of drug-likeness (QED) is 0.769. The lowest BCUT2D eigenvalue weighted by atomic mass is 10.1. The molecule has 1 aliphatic heterocycles. The van der Waals surface area contributed by atoms with Crippen LogP contribution < -0.4 is 9.64 Å². The predicted molar refractivity (Wildman–Crippen MR) is 62.8 cm³/mol. The van der Waals surface area contributed by atoms with Gasteiger partial charge in [0.2, 0.25) is 0 Å². The van der Waals surface area contributed by atoms with Crippen LogP contribution in [-0.2, 0) is 11.2 Å². The number of likely N-dealkylation sites (N-methyl/N-ethyl adjacent to an activating group) is 1. The Kier molecular flexibility index (Phi) is 2.95. The molecular weight excluding hydrogens is 258 g/mol. The Balaban J connectivity index is 2.36. The molecule has 0 spiro atoms. The molecule has 0 aliphatic carbocycles. The predicted octanol–water partition coefficient (Wildman–Crippen LogP) is 1.98. The van der Waals surface area contributed by atoms with Crippen molar-refractivity contribution in [1.29, 1.82) is 0 Å². The summed E-state index contributed by atoms with van der Waals surface area (Å²) in [5, 5.41) is 0.921. The second-order valence-corrected chi connectivity index (χ2v) is 4.28. The van der Waals surface area contributed by atoms with E-state index in [1.807, 2.05) is 18.2 Å². The molecule has 0 unspecified atom stereocenters. The Hall–Kier alpha value is -1.03. The van der Waals surface area contributed by atoms with Crippen molar-refractivity contribution >= 4 is 27.5 Å². The maximum absolute atomic E-state index is 11.4. The number of aryl methyl sites for hydroxylation is 1. The number of fused-ring (bicyclic) bond motifs is 1. The molecule has 0 saturated heterocycles. The number of anilines is 1. The summed E-state index contributed by atoms with van der Waals surface area (Å²) >= 11 is 3.40. The number of hydrogen-bond acceptors (Lipinski definition) is 2. The van der Waals surface area contributed by atoms with Gasteiger partial charge in [-0.05, 0) is 24.1 Å². The lowest BCUT2D eigenvalue weighted by Crippen LogP contribution is -2.35. The molecular formula is C11H12BrNO2. The summed E-state index contributed by atoms with van der Waals surface area (Å²) in [4.78, 5) is 13.1. The number of benzene rings is 1. The van der Waals surface area contributed by atoms with Crippen LogP contribution in [0.15, 0.2) is 18.2 Å². The van der Waals surface area contributed by atoms with Crippen LogP contribution in [0.2, 0.25) is 0 Å². The first-order valence-electron chi connectivity index (χ1n) is 4.80. The molecule has 0 radical (unpaired) electrons. The molecule has 0 atom stereocenters. The highest BCUT2D eigenvalue weighted by atomic mass is 79.9. The van der Waals surface area contributed by atoms with Crippen molar-refractivity contribution in [3.8, 4) is 5.75 Å². The first kappa shape index (κ1) is 10.5. The van der Waals surface area contributed by atoms with E-state index in [0.29, 0.717) is 0 Å². The molecule has 0 N–H and O–H groups in total. The van der Waals surface area contributed by atoms with Crippen LogP contribution in [0.1, 0.15) is 5.56 Å². The summed E-state index contributed by atoms with van der Waals surface area (Å²) in [6.45, 7) is 0.140. The number of ether oxygens (including phenoxy) is 1. The number of carbonyl (C=O) groups excluding carboxylic acids is 1. The summed E-state index contributed by atoms with van der Waals surface area (Å²) < 4.78 is 5.34. The number of carbonyl (C=O) groups is 1. The van der Waals surface area contributed by atoms with Crippen molar-refractivity contribution in [1.82, 2.24) is 0 Å². The fourth-order valence-electron chi connectivity index (χ4n) is 1.58. The highest BCUT2D eigenvalue weighted by Crippen LogP contribution is 2.32. The van der Waals surface area contributed by atoms with Gasteiger partial charge in [0.15, 0.2) is 6.61 Å². The third-order valence-corrected chi connectivity index (χ3v) is 2.89. The van der Waals surface area contributed by atoms with Crippen molar-refractivity contribution in [3.63, 3.8) is 0 Å². The van der Waals surface area contributed by atoms with Gasteiger partial charge in [-0.3, -0.25) is 4.79 Å². The Morgan fingerprint density at radius 1 is 1.53 bits per heavy atom. The lowest BCUT2D eigenvalue weighted by Gasteiger charge is -2.26. The van der Waals surface area contributed by atoms with Crippen LogP contribution in [0.4, 0.5) is 5.69 Å². The lowest BCUT2D eigenvalue weighted by molar-refractivity contribution is -0.120. The van der Waals surface area contributed by atoms with Crippen LogP contribution in [0.3, 0.4) is 0 Å². The molecule has 1 heterocycles. The molecule has 1 aliphatic rings. The van der Waals surface area contributed by atoms with Crippen LogP contribution in [0, 0.1) is 0 Å². The van der Waals surface area contributed by atoms with Crippen LogP contribution in [-0.4, -0.2) is 24.9 Å². The van der Waals surface area contributed by atoms with Gasteiger partial charge in [0.1, 0.15) is 5.75 Å². The van der Waals surface area contributed by atoms with E-state index >= 15 is 0 Å². The van der Waals surface area contributed by atoms with Crippen molar-refractivity contribution in [2.45, 2.75) is 6.42 Å². The fourth-order valence-corrected chi connectivity index (χ4v) is 2.04. The molecule has 1 aromatic carbocycles. The van der Waals surface area contributed by atoms with Crippen molar-refractivity contribution in [3.05, 3.63) is 23.8 Å². The molecule has 80 valence electrons. The molecule has 2 rings (SSSR count). The summed E-state index contributed by atoms with van der Waals surface area (Å²) in [5.41, 5.74) is 2.07. The SMILES string of the molecule is CN1C(=O)COc2ccc(CCBr)cc21. The highest BCUT2D eigenvalue weighted by molar-refractivity contribution is 9.09. The van der Waals surface area contributed by atoms with Crippen LogP contribution in [0.5, 0.6) is 5.75 Å². The zero-order valence-electron chi connectivity index (χ0n) is 8.50. The Morgan fingerprint density at radius 3 is 3.07 bits per heavy atom. The zero-order chi connectivity index (χ0) is 10.8. The smallest absolute Gasteiger partial charge is 0.264 e. The van der Waals surface area contributed by atoms with Gasteiger partial charge < -0.3 is 9.64 Å². The van der Waals surface area contributed by atoms with E-state index in [0.717, 1.165) is 23.2 Å². The maximum atomic E-state index is 11.4. The molecule has 15 heavy (non-hydrogen) atoms. The number of nitrogens with zero attached hydrogens (tertiary/aromatic N) is 1. The van der Waals surface area contributed by atoms with E-state index in [-0.39, 0.29) is 12.5 Å². The third kappa shape index (κ3) is 2.00. The summed E-state index contributed by atoms with van der Waals surface area (Å²) in [6.07, 6.45) is 0.954. The second kappa shape index (κ2) is 4.23. The monoisotopic (exact) mass is 269 g/mol. The van der Waals surface area contributed by atoms with Gasteiger partial charge in [-0.2, -0.15) is 0 Å². The van der Waals surface area contributed by atoms with E-state index < -0.39 is 0 Å². The van der Waals surface area contributed by atoms with Gasteiger partial charge in [0.25, 0.3) is 5.91 Å². The molecule has 3 nitrogen and oxygen atoms in total. The fraction of sp³-hybridized carbons (Fsp3) is 0.364. The number of halogens is 1. The normalized spacial score (nSPS) is 14.8. The van der Waals surface area contributed by atoms with E-state index in [1.165, 1.54) is 5.56 Å². The Labute approximate surface area is 97.2 Å². The second-order valence-electron chi connectivity index (χ2n) is 3.48. The summed E-state index contributed by atoms with van der Waals surface area (Å²) in [5.74, 6) is 0.786. The molecule has 0 bridgehead atoms. The first-order chi connectivity index (χ1) is 7.22. The van der Waals surface area contributed by atoms with E-state index in [1.54, 1.807) is 11.9 Å². The van der Waals surface area contributed by atoms with Crippen molar-refractivity contribution < 1.29 is 9.53 Å². The Morgan fingerprint density at radius 2 is 2.33 bits per heavy atom. The minimum absolute atomic E-state index is 0.00140. The third-order valence-electron chi connectivity index (χ3n) is 2.49. The van der Waals surface area contributed by atoms with E-state index in [9.17, 15) is 4.79 Å². The Bertz CT molecular complexity index is 392. The standard InChI is InChI=1S/C11H12BrNO2/c1-13-9-6-8(4-5-12)2-3-10(9)15-7-11(13)14/h2-3,6H,4-5,7H2,1H3. The minimum Gasteiger partial charge on any atom is -0.482 e. The van der Waals surface area contributed by atoms with Gasteiger partial charge >= 0.3 is 0 Å².